The normalized spacial score (nSPS) is 10.7. The van der Waals surface area contributed by atoms with Crippen LogP contribution in [0.5, 0.6) is 0 Å². The summed E-state index contributed by atoms with van der Waals surface area (Å²) in [4.78, 5) is 8.35. The van der Waals surface area contributed by atoms with Gasteiger partial charge in [-0.25, -0.2) is 10.2 Å². The maximum atomic E-state index is 8.35. The average molecular weight is 189 g/mol. The number of nitrogens with one attached hydrogen (secondary N) is 1. The van der Waals surface area contributed by atoms with E-state index in [1.165, 1.54) is 12.5 Å². The molecule has 0 saturated carbocycles. The fraction of sp³-hybridized carbons (Fsp3) is 0.875. The predicted octanol–water partition coefficient (Wildman–Crippen LogP) is 1.61. The average Bonchev–Trinajstić information content (AvgIpc) is 1.87. The molecular weight excluding hydrogens is 170 g/mol. The highest BCUT2D eigenvalue weighted by Gasteiger charge is 2.07. The van der Waals surface area contributed by atoms with Crippen molar-refractivity contribution in [1.29, 1.82) is 5.41 Å². The molecule has 0 saturated heterocycles. The molecule has 0 unspecified atom stereocenters. The molecule has 0 heterocycles. The molecule has 0 rings (SSSR count). The second kappa shape index (κ2) is 8.65. The van der Waals surface area contributed by atoms with E-state index in [1.807, 2.05) is 0 Å². The topological polar surface area (TPSA) is 50.1 Å². The second-order valence-corrected chi connectivity index (χ2v) is 4.82. The number of isocyanates is 1. The van der Waals surface area contributed by atoms with Crippen molar-refractivity contribution in [1.82, 2.24) is 0 Å². The lowest BCUT2D eigenvalue weighted by atomic mass is 10.2. The zero-order valence-electron chi connectivity index (χ0n) is 8.44. The van der Waals surface area contributed by atoms with Crippen LogP contribution < -0.4 is 0 Å². The molecule has 1 N–H and O–H groups in total. The zero-order valence-corrected chi connectivity index (χ0v) is 9.85. The third-order valence-corrected chi connectivity index (χ3v) is 3.10. The Labute approximate surface area is 77.0 Å². The first kappa shape index (κ1) is 14.1. The molecule has 0 atom stereocenters. The fourth-order valence-corrected chi connectivity index (χ4v) is 1.57. The minimum absolute atomic E-state index is 0.112. The van der Waals surface area contributed by atoms with Gasteiger partial charge in [-0.3, -0.25) is 0 Å². The van der Waals surface area contributed by atoms with Crippen LogP contribution in [0.3, 0.4) is 0 Å². The van der Waals surface area contributed by atoms with Crippen LogP contribution >= 0.6 is 0 Å². The van der Waals surface area contributed by atoms with Crippen LogP contribution in [0.1, 0.15) is 34.1 Å². The number of carbonyl (C=O) groups excluding carboxylic acids is 1. The Bertz CT molecular complexity index is 126. The van der Waals surface area contributed by atoms with E-state index in [4.69, 9.17) is 14.6 Å². The number of hydrogen-bond donors (Lipinski definition) is 1. The third kappa shape index (κ3) is 22.7. The Kier molecular flexibility index (Phi) is 10.2. The summed E-state index contributed by atoms with van der Waals surface area (Å²) in [6, 6.07) is 1.32. The molecule has 0 fully saturated rings. The first-order chi connectivity index (χ1) is 5.47. The quantitative estimate of drug-likeness (QED) is 0.317. The maximum absolute atomic E-state index is 8.35. The van der Waals surface area contributed by atoms with Crippen LogP contribution in [-0.2, 0) is 9.22 Å². The van der Waals surface area contributed by atoms with Gasteiger partial charge in [-0.1, -0.05) is 13.3 Å². The van der Waals surface area contributed by atoms with Gasteiger partial charge in [0.1, 0.15) is 0 Å². The number of rotatable bonds is 3. The Hall–Kier alpha value is -0.443. The Balaban J connectivity index is 0. The molecule has 0 aromatic heterocycles. The van der Waals surface area contributed by atoms with Crippen LogP contribution in [0.2, 0.25) is 6.04 Å². The van der Waals surface area contributed by atoms with E-state index in [0.717, 1.165) is 6.08 Å². The van der Waals surface area contributed by atoms with E-state index in [2.05, 4.69) is 27.7 Å². The summed E-state index contributed by atoms with van der Waals surface area (Å²) in [5, 5.41) is 5.40. The van der Waals surface area contributed by atoms with Crippen molar-refractivity contribution in [3.63, 3.8) is 0 Å². The molecule has 0 aromatic rings. The summed E-state index contributed by atoms with van der Waals surface area (Å²) in [5.74, 6) is 0. The molecule has 3 nitrogen and oxygen atoms in total. The maximum Gasteiger partial charge on any atom is 0.231 e. The van der Waals surface area contributed by atoms with Crippen LogP contribution in [0.4, 0.5) is 0 Å². The predicted molar refractivity (Wildman–Crippen MR) is 52.9 cm³/mol. The lowest BCUT2D eigenvalue weighted by Gasteiger charge is -2.19. The highest BCUT2D eigenvalue weighted by Crippen LogP contribution is 2.05. The van der Waals surface area contributed by atoms with Gasteiger partial charge in [0.25, 0.3) is 0 Å². The molecule has 0 aromatic carbocycles. The highest BCUT2D eigenvalue weighted by atomic mass is 28.2. The van der Waals surface area contributed by atoms with Gasteiger partial charge in [0.15, 0.2) is 9.76 Å². The van der Waals surface area contributed by atoms with E-state index in [-0.39, 0.29) is 15.4 Å². The van der Waals surface area contributed by atoms with Crippen molar-refractivity contribution < 1.29 is 9.22 Å². The smallest absolute Gasteiger partial charge is 0.231 e. The molecule has 0 aliphatic rings. The Morgan fingerprint density at radius 2 is 1.92 bits per heavy atom. The Morgan fingerprint density at radius 3 is 2.17 bits per heavy atom. The van der Waals surface area contributed by atoms with E-state index < -0.39 is 0 Å². The third-order valence-electron chi connectivity index (χ3n) is 1.03. The zero-order chi connectivity index (χ0) is 10.0. The van der Waals surface area contributed by atoms with Crippen molar-refractivity contribution >= 4 is 15.8 Å². The van der Waals surface area contributed by atoms with E-state index in [9.17, 15) is 0 Å². The van der Waals surface area contributed by atoms with Gasteiger partial charge in [0, 0.05) is 5.60 Å². The molecular formula is C8H19NO2Si. The standard InChI is InChI=1S/C7H18OSi.CHNO/c1-5-6-9-8-7(2,3)4;2-1-3/h5-6,9H2,1-4H3;2H. The molecule has 12 heavy (non-hydrogen) atoms. The van der Waals surface area contributed by atoms with Crippen molar-refractivity contribution in [3.05, 3.63) is 0 Å². The Morgan fingerprint density at radius 1 is 1.50 bits per heavy atom. The van der Waals surface area contributed by atoms with Gasteiger partial charge in [0.2, 0.25) is 6.08 Å². The summed E-state index contributed by atoms with van der Waals surface area (Å²) in [6.07, 6.45) is 2.03. The first-order valence-electron chi connectivity index (χ1n) is 4.15. The van der Waals surface area contributed by atoms with Crippen molar-refractivity contribution in [3.8, 4) is 0 Å². The number of hydrogen-bond acceptors (Lipinski definition) is 3. The summed E-state index contributed by atoms with van der Waals surface area (Å²) < 4.78 is 5.61. The first-order valence-corrected chi connectivity index (χ1v) is 5.73. The van der Waals surface area contributed by atoms with Crippen molar-refractivity contribution in [2.45, 2.75) is 45.8 Å². The molecule has 0 amide bonds. The van der Waals surface area contributed by atoms with Gasteiger partial charge >= 0.3 is 0 Å². The lowest BCUT2D eigenvalue weighted by Crippen LogP contribution is -2.21. The molecule has 72 valence electrons. The van der Waals surface area contributed by atoms with Gasteiger partial charge in [-0.2, -0.15) is 0 Å². The van der Waals surface area contributed by atoms with Gasteiger partial charge in [0.05, 0.1) is 0 Å². The van der Waals surface area contributed by atoms with E-state index >= 15 is 0 Å². The van der Waals surface area contributed by atoms with Crippen LogP contribution in [0.25, 0.3) is 0 Å². The van der Waals surface area contributed by atoms with Crippen LogP contribution in [-0.4, -0.2) is 21.4 Å². The SMILES string of the molecule is CCC[SiH2]OC(C)(C)C.N=C=O. The molecule has 0 aliphatic heterocycles. The summed E-state index contributed by atoms with van der Waals surface area (Å²) in [6.45, 7) is 8.57. The monoisotopic (exact) mass is 189 g/mol. The summed E-state index contributed by atoms with van der Waals surface area (Å²) >= 11 is 0. The molecule has 4 heteroatoms. The summed E-state index contributed by atoms with van der Waals surface area (Å²) in [7, 11) is -0.193. The highest BCUT2D eigenvalue weighted by molar-refractivity contribution is 6.27. The van der Waals surface area contributed by atoms with Crippen molar-refractivity contribution in [2.24, 2.45) is 0 Å². The second-order valence-electron chi connectivity index (χ2n) is 3.42. The summed E-state index contributed by atoms with van der Waals surface area (Å²) in [5.41, 5.74) is 0.112. The largest absolute Gasteiger partial charge is 0.419 e. The van der Waals surface area contributed by atoms with Gasteiger partial charge in [-0.05, 0) is 26.8 Å². The minimum atomic E-state index is -0.193. The molecule has 0 radical (unpaired) electrons. The van der Waals surface area contributed by atoms with Crippen LogP contribution in [0, 0.1) is 5.41 Å². The lowest BCUT2D eigenvalue weighted by molar-refractivity contribution is 0.138. The molecule has 0 aliphatic carbocycles. The van der Waals surface area contributed by atoms with Gasteiger partial charge in [-0.15, -0.1) is 0 Å². The molecule has 0 bridgehead atoms. The van der Waals surface area contributed by atoms with Crippen molar-refractivity contribution in [2.75, 3.05) is 0 Å². The fourth-order valence-electron chi connectivity index (χ4n) is 0.523. The van der Waals surface area contributed by atoms with E-state index in [0.29, 0.717) is 0 Å². The van der Waals surface area contributed by atoms with E-state index in [1.54, 1.807) is 0 Å². The van der Waals surface area contributed by atoms with Crippen LogP contribution in [0.15, 0.2) is 0 Å². The van der Waals surface area contributed by atoms with Gasteiger partial charge < -0.3 is 4.43 Å². The minimum Gasteiger partial charge on any atom is -0.419 e. The molecule has 0 spiro atoms.